The minimum atomic E-state index is -0.175. The SMILES string of the molecule is O=c1[nH]c2ccccc2c2nc(Br)c(CBr)n12. The number of hydrogen-bond acceptors (Lipinski definition) is 2. The van der Waals surface area contributed by atoms with Crippen LogP contribution in [-0.2, 0) is 5.33 Å². The molecule has 0 saturated heterocycles. The Morgan fingerprint density at radius 2 is 2.12 bits per heavy atom. The maximum Gasteiger partial charge on any atom is 0.332 e. The maximum atomic E-state index is 12.0. The van der Waals surface area contributed by atoms with Gasteiger partial charge in [0.1, 0.15) is 4.60 Å². The lowest BCUT2D eigenvalue weighted by Crippen LogP contribution is -2.17. The number of nitrogens with one attached hydrogen (secondary N) is 1. The highest BCUT2D eigenvalue weighted by Crippen LogP contribution is 2.23. The molecule has 1 N–H and O–H groups in total. The summed E-state index contributed by atoms with van der Waals surface area (Å²) in [7, 11) is 0. The van der Waals surface area contributed by atoms with Crippen molar-refractivity contribution in [2.75, 3.05) is 0 Å². The molecular formula is C11H7Br2N3O. The molecule has 0 aliphatic rings. The van der Waals surface area contributed by atoms with Crippen molar-refractivity contribution >= 4 is 48.4 Å². The van der Waals surface area contributed by atoms with Gasteiger partial charge in [-0.2, -0.15) is 0 Å². The van der Waals surface area contributed by atoms with Crippen LogP contribution in [0.1, 0.15) is 5.69 Å². The topological polar surface area (TPSA) is 50.2 Å². The molecule has 0 saturated carbocycles. The lowest BCUT2D eigenvalue weighted by Gasteiger charge is -2.01. The van der Waals surface area contributed by atoms with Crippen molar-refractivity contribution in [3.8, 4) is 0 Å². The molecule has 3 aromatic rings. The van der Waals surface area contributed by atoms with Gasteiger partial charge in [-0.3, -0.25) is 0 Å². The van der Waals surface area contributed by atoms with E-state index in [1.54, 1.807) is 4.40 Å². The molecule has 2 heterocycles. The zero-order valence-electron chi connectivity index (χ0n) is 8.58. The highest BCUT2D eigenvalue weighted by Gasteiger charge is 2.13. The van der Waals surface area contributed by atoms with E-state index in [1.807, 2.05) is 24.3 Å². The molecule has 0 aliphatic carbocycles. The smallest absolute Gasteiger partial charge is 0.306 e. The normalized spacial score (nSPS) is 11.4. The molecule has 86 valence electrons. The fourth-order valence-electron chi connectivity index (χ4n) is 1.90. The van der Waals surface area contributed by atoms with E-state index in [1.165, 1.54) is 0 Å². The number of rotatable bonds is 1. The number of benzene rings is 1. The molecule has 1 aromatic carbocycles. The third-order valence-corrected chi connectivity index (χ3v) is 3.83. The first kappa shape index (κ1) is 11.0. The third kappa shape index (κ3) is 1.55. The van der Waals surface area contributed by atoms with Crippen molar-refractivity contribution in [2.24, 2.45) is 0 Å². The molecular weight excluding hydrogens is 350 g/mol. The molecule has 0 bridgehead atoms. The predicted octanol–water partition coefficient (Wildman–Crippen LogP) is 2.83. The third-order valence-electron chi connectivity index (χ3n) is 2.66. The molecule has 0 unspecified atom stereocenters. The largest absolute Gasteiger partial charge is 0.332 e. The zero-order valence-corrected chi connectivity index (χ0v) is 11.7. The number of para-hydroxylation sites is 1. The zero-order chi connectivity index (χ0) is 12.0. The summed E-state index contributed by atoms with van der Waals surface area (Å²) in [4.78, 5) is 19.3. The van der Waals surface area contributed by atoms with Crippen molar-refractivity contribution in [3.63, 3.8) is 0 Å². The van der Waals surface area contributed by atoms with E-state index in [-0.39, 0.29) is 5.69 Å². The Hall–Kier alpha value is -1.14. The van der Waals surface area contributed by atoms with Crippen LogP contribution in [0.5, 0.6) is 0 Å². The summed E-state index contributed by atoms with van der Waals surface area (Å²) >= 11 is 6.74. The van der Waals surface area contributed by atoms with E-state index in [0.29, 0.717) is 15.6 Å². The molecule has 0 amide bonds. The van der Waals surface area contributed by atoms with Crippen molar-refractivity contribution < 1.29 is 0 Å². The van der Waals surface area contributed by atoms with Gasteiger partial charge in [0.25, 0.3) is 0 Å². The van der Waals surface area contributed by atoms with E-state index in [4.69, 9.17) is 0 Å². The number of hydrogen-bond donors (Lipinski definition) is 1. The van der Waals surface area contributed by atoms with E-state index in [2.05, 4.69) is 41.8 Å². The van der Waals surface area contributed by atoms with Gasteiger partial charge in [-0.1, -0.05) is 28.1 Å². The van der Waals surface area contributed by atoms with Crippen molar-refractivity contribution in [1.29, 1.82) is 0 Å². The van der Waals surface area contributed by atoms with Gasteiger partial charge in [-0.25, -0.2) is 14.2 Å². The van der Waals surface area contributed by atoms with Crippen LogP contribution in [0.2, 0.25) is 0 Å². The number of aromatic amines is 1. The summed E-state index contributed by atoms with van der Waals surface area (Å²) in [5.74, 6) is 0. The van der Waals surface area contributed by atoms with Crippen molar-refractivity contribution in [3.05, 3.63) is 45.0 Å². The average Bonchev–Trinajstić information content (AvgIpc) is 2.66. The molecule has 17 heavy (non-hydrogen) atoms. The molecule has 2 aromatic heterocycles. The molecule has 0 radical (unpaired) electrons. The summed E-state index contributed by atoms with van der Waals surface area (Å²) in [5.41, 5.74) is 2.10. The molecule has 0 aliphatic heterocycles. The van der Waals surface area contributed by atoms with E-state index >= 15 is 0 Å². The number of alkyl halides is 1. The average molecular weight is 357 g/mol. The molecule has 4 nitrogen and oxygen atoms in total. The fourth-order valence-corrected chi connectivity index (χ4v) is 3.28. The number of H-pyrrole nitrogens is 1. The first-order chi connectivity index (χ1) is 8.22. The summed E-state index contributed by atoms with van der Waals surface area (Å²) < 4.78 is 2.28. The van der Waals surface area contributed by atoms with Crippen LogP contribution < -0.4 is 5.69 Å². The van der Waals surface area contributed by atoms with Crippen molar-refractivity contribution in [2.45, 2.75) is 5.33 Å². The van der Waals surface area contributed by atoms with Crippen LogP contribution in [0, 0.1) is 0 Å². The second-order valence-electron chi connectivity index (χ2n) is 3.62. The Balaban J connectivity index is 2.63. The minimum Gasteiger partial charge on any atom is -0.306 e. The van der Waals surface area contributed by atoms with Gasteiger partial charge in [-0.05, 0) is 28.1 Å². The van der Waals surface area contributed by atoms with Crippen LogP contribution in [0.25, 0.3) is 16.6 Å². The van der Waals surface area contributed by atoms with Crippen LogP contribution in [-0.4, -0.2) is 14.4 Å². The molecule has 0 spiro atoms. The van der Waals surface area contributed by atoms with Crippen molar-refractivity contribution in [1.82, 2.24) is 14.4 Å². The lowest BCUT2D eigenvalue weighted by atomic mass is 10.2. The number of nitrogens with zero attached hydrogens (tertiary/aromatic N) is 2. The van der Waals surface area contributed by atoms with Crippen LogP contribution in [0.3, 0.4) is 0 Å². The van der Waals surface area contributed by atoms with Gasteiger partial charge in [-0.15, -0.1) is 0 Å². The van der Waals surface area contributed by atoms with Gasteiger partial charge in [0.15, 0.2) is 5.65 Å². The Morgan fingerprint density at radius 1 is 1.35 bits per heavy atom. The summed E-state index contributed by atoms with van der Waals surface area (Å²) in [5, 5.41) is 1.50. The van der Waals surface area contributed by atoms with E-state index < -0.39 is 0 Å². The van der Waals surface area contributed by atoms with Crippen LogP contribution >= 0.6 is 31.9 Å². The van der Waals surface area contributed by atoms with Gasteiger partial charge in [0, 0.05) is 10.7 Å². The summed E-state index contributed by atoms with van der Waals surface area (Å²) in [6.45, 7) is 0. The number of aromatic nitrogens is 3. The highest BCUT2D eigenvalue weighted by molar-refractivity contribution is 9.10. The molecule has 0 atom stereocenters. The second kappa shape index (κ2) is 3.96. The van der Waals surface area contributed by atoms with Crippen LogP contribution in [0.15, 0.2) is 33.7 Å². The van der Waals surface area contributed by atoms with E-state index in [9.17, 15) is 4.79 Å². The van der Waals surface area contributed by atoms with Crippen LogP contribution in [0.4, 0.5) is 0 Å². The lowest BCUT2D eigenvalue weighted by molar-refractivity contribution is 0.982. The summed E-state index contributed by atoms with van der Waals surface area (Å²) in [6.07, 6.45) is 0. The molecule has 3 rings (SSSR count). The minimum absolute atomic E-state index is 0.175. The maximum absolute atomic E-state index is 12.0. The van der Waals surface area contributed by atoms with Gasteiger partial charge in [0.05, 0.1) is 11.2 Å². The first-order valence-corrected chi connectivity index (χ1v) is 6.87. The Morgan fingerprint density at radius 3 is 2.88 bits per heavy atom. The Bertz CT molecular complexity index is 775. The highest BCUT2D eigenvalue weighted by atomic mass is 79.9. The van der Waals surface area contributed by atoms with Gasteiger partial charge in [0.2, 0.25) is 0 Å². The standard InChI is InChI=1S/C11H7Br2N3O/c12-5-8-9(13)15-10-6-3-1-2-4-7(6)14-11(17)16(8)10/h1-4H,5H2,(H,14,17). The summed E-state index contributed by atoms with van der Waals surface area (Å²) in [6, 6.07) is 7.63. The van der Waals surface area contributed by atoms with E-state index in [0.717, 1.165) is 16.6 Å². The van der Waals surface area contributed by atoms with Gasteiger partial charge >= 0.3 is 5.69 Å². The second-order valence-corrected chi connectivity index (χ2v) is 4.93. The number of imidazole rings is 1. The first-order valence-electron chi connectivity index (χ1n) is 4.96. The molecule has 0 fully saturated rings. The Labute approximate surface area is 113 Å². The Kier molecular flexibility index (Phi) is 2.56. The number of fused-ring (bicyclic) bond motifs is 3. The monoisotopic (exact) mass is 355 g/mol. The fraction of sp³-hybridized carbons (Fsp3) is 0.0909. The number of halogens is 2. The molecule has 6 heteroatoms. The predicted molar refractivity (Wildman–Crippen MR) is 73.6 cm³/mol. The van der Waals surface area contributed by atoms with Gasteiger partial charge < -0.3 is 4.98 Å². The quantitative estimate of drug-likeness (QED) is 0.681.